The summed E-state index contributed by atoms with van der Waals surface area (Å²) in [6.07, 6.45) is 1.53. The van der Waals surface area contributed by atoms with Gasteiger partial charge < -0.3 is 5.32 Å². The molecule has 0 spiro atoms. The molecule has 0 saturated heterocycles. The first-order valence-corrected chi connectivity index (χ1v) is 6.13. The van der Waals surface area contributed by atoms with Crippen LogP contribution < -0.4 is 5.32 Å². The van der Waals surface area contributed by atoms with Gasteiger partial charge in [-0.05, 0) is 31.0 Å². The van der Waals surface area contributed by atoms with E-state index in [0.717, 1.165) is 12.8 Å². The summed E-state index contributed by atoms with van der Waals surface area (Å²) in [5.41, 5.74) is 0.236. The molecule has 1 aromatic rings. The maximum absolute atomic E-state index is 13.4. The highest BCUT2D eigenvalue weighted by Crippen LogP contribution is 2.20. The molecule has 1 N–H and O–H groups in total. The average molecular weight is 288 g/mol. The highest BCUT2D eigenvalue weighted by atomic mass is 79.9. The molecule has 0 fully saturated rings. The van der Waals surface area contributed by atoms with Gasteiger partial charge in [-0.3, -0.25) is 4.79 Å². The fourth-order valence-corrected chi connectivity index (χ4v) is 1.82. The molecule has 1 rings (SSSR count). The SMILES string of the molecule is CCC(CC)C(=O)Nc1ccc(Br)cc1F. The lowest BCUT2D eigenvalue weighted by Gasteiger charge is -2.13. The number of carbonyl (C=O) groups is 1. The monoisotopic (exact) mass is 287 g/mol. The molecule has 0 aromatic heterocycles. The van der Waals surface area contributed by atoms with Gasteiger partial charge in [0.25, 0.3) is 0 Å². The Morgan fingerprint density at radius 1 is 1.44 bits per heavy atom. The van der Waals surface area contributed by atoms with Gasteiger partial charge in [0.2, 0.25) is 5.91 Å². The van der Waals surface area contributed by atoms with E-state index in [2.05, 4.69) is 21.2 Å². The number of hydrogen-bond acceptors (Lipinski definition) is 1. The van der Waals surface area contributed by atoms with Crippen molar-refractivity contribution in [2.24, 2.45) is 5.92 Å². The molecule has 1 aromatic carbocycles. The van der Waals surface area contributed by atoms with Crippen molar-refractivity contribution in [1.82, 2.24) is 0 Å². The number of nitrogens with one attached hydrogen (secondary N) is 1. The van der Waals surface area contributed by atoms with Crippen LogP contribution in [0.25, 0.3) is 0 Å². The molecule has 0 saturated carbocycles. The van der Waals surface area contributed by atoms with E-state index in [1.807, 2.05) is 13.8 Å². The summed E-state index contributed by atoms with van der Waals surface area (Å²) in [5, 5.41) is 2.60. The van der Waals surface area contributed by atoms with Crippen LogP contribution in [0.4, 0.5) is 10.1 Å². The van der Waals surface area contributed by atoms with Gasteiger partial charge in [-0.2, -0.15) is 0 Å². The molecule has 0 aliphatic rings. The lowest BCUT2D eigenvalue weighted by Crippen LogP contribution is -2.22. The lowest BCUT2D eigenvalue weighted by atomic mass is 10.0. The van der Waals surface area contributed by atoms with Gasteiger partial charge in [-0.1, -0.05) is 29.8 Å². The van der Waals surface area contributed by atoms with Crippen LogP contribution in [0.3, 0.4) is 0 Å². The van der Waals surface area contributed by atoms with Crippen molar-refractivity contribution >= 4 is 27.5 Å². The predicted molar refractivity (Wildman–Crippen MR) is 66.8 cm³/mol. The zero-order valence-electron chi connectivity index (χ0n) is 9.39. The predicted octanol–water partition coefficient (Wildman–Crippen LogP) is 3.96. The fourth-order valence-electron chi connectivity index (χ4n) is 1.49. The van der Waals surface area contributed by atoms with E-state index in [4.69, 9.17) is 0 Å². The van der Waals surface area contributed by atoms with E-state index < -0.39 is 5.82 Å². The standard InChI is InChI=1S/C12H15BrFNO/c1-3-8(4-2)12(16)15-11-6-5-9(13)7-10(11)14/h5-8H,3-4H2,1-2H3,(H,15,16). The number of halogens is 2. The van der Waals surface area contributed by atoms with Gasteiger partial charge in [0.1, 0.15) is 5.82 Å². The molecule has 0 aliphatic carbocycles. The van der Waals surface area contributed by atoms with Crippen molar-refractivity contribution in [1.29, 1.82) is 0 Å². The molecule has 4 heteroatoms. The van der Waals surface area contributed by atoms with Gasteiger partial charge in [0, 0.05) is 10.4 Å². The molecular weight excluding hydrogens is 273 g/mol. The summed E-state index contributed by atoms with van der Waals surface area (Å²) in [4.78, 5) is 11.7. The summed E-state index contributed by atoms with van der Waals surface area (Å²) >= 11 is 3.17. The van der Waals surface area contributed by atoms with Gasteiger partial charge in [-0.15, -0.1) is 0 Å². The summed E-state index contributed by atoms with van der Waals surface area (Å²) in [6, 6.07) is 4.59. The molecular formula is C12H15BrFNO. The van der Waals surface area contributed by atoms with E-state index >= 15 is 0 Å². The number of amides is 1. The highest BCUT2D eigenvalue weighted by molar-refractivity contribution is 9.10. The van der Waals surface area contributed by atoms with E-state index in [-0.39, 0.29) is 17.5 Å². The van der Waals surface area contributed by atoms with E-state index in [1.165, 1.54) is 6.07 Å². The van der Waals surface area contributed by atoms with Crippen LogP contribution in [0.15, 0.2) is 22.7 Å². The van der Waals surface area contributed by atoms with E-state index in [0.29, 0.717) is 4.47 Å². The third-order valence-electron chi connectivity index (χ3n) is 2.55. The second-order valence-electron chi connectivity index (χ2n) is 3.63. The smallest absolute Gasteiger partial charge is 0.227 e. The number of rotatable bonds is 4. The summed E-state index contributed by atoms with van der Waals surface area (Å²) in [7, 11) is 0. The third-order valence-corrected chi connectivity index (χ3v) is 3.04. The van der Waals surface area contributed by atoms with Crippen LogP contribution in [-0.2, 0) is 4.79 Å². The number of carbonyl (C=O) groups excluding carboxylic acids is 1. The average Bonchev–Trinajstić information content (AvgIpc) is 2.24. The van der Waals surface area contributed by atoms with Gasteiger partial charge in [-0.25, -0.2) is 4.39 Å². The molecule has 0 radical (unpaired) electrons. The topological polar surface area (TPSA) is 29.1 Å². The van der Waals surface area contributed by atoms with Crippen molar-refractivity contribution in [2.75, 3.05) is 5.32 Å². The first-order chi connectivity index (χ1) is 7.58. The number of benzene rings is 1. The van der Waals surface area contributed by atoms with Crippen molar-refractivity contribution in [3.8, 4) is 0 Å². The lowest BCUT2D eigenvalue weighted by molar-refractivity contribution is -0.120. The molecule has 0 aliphatic heterocycles. The second-order valence-corrected chi connectivity index (χ2v) is 4.54. The fraction of sp³-hybridized carbons (Fsp3) is 0.417. The first kappa shape index (κ1) is 13.2. The Kier molecular flexibility index (Phi) is 4.93. The maximum Gasteiger partial charge on any atom is 0.227 e. The number of hydrogen-bond donors (Lipinski definition) is 1. The molecule has 88 valence electrons. The van der Waals surface area contributed by atoms with Crippen LogP contribution in [0.1, 0.15) is 26.7 Å². The summed E-state index contributed by atoms with van der Waals surface area (Å²) in [6.45, 7) is 3.90. The van der Waals surface area contributed by atoms with Gasteiger partial charge in [0.15, 0.2) is 0 Å². The Balaban J connectivity index is 2.76. The zero-order chi connectivity index (χ0) is 12.1. The molecule has 2 nitrogen and oxygen atoms in total. The Bertz CT molecular complexity index is 377. The Labute approximate surface area is 103 Å². The number of anilines is 1. The van der Waals surface area contributed by atoms with Crippen molar-refractivity contribution in [3.05, 3.63) is 28.5 Å². The summed E-state index contributed by atoms with van der Waals surface area (Å²) < 4.78 is 14.1. The minimum Gasteiger partial charge on any atom is -0.323 e. The van der Waals surface area contributed by atoms with E-state index in [9.17, 15) is 9.18 Å². The molecule has 0 atom stereocenters. The molecule has 1 amide bonds. The second kappa shape index (κ2) is 5.99. The normalized spacial score (nSPS) is 10.6. The van der Waals surface area contributed by atoms with Crippen LogP contribution in [-0.4, -0.2) is 5.91 Å². The van der Waals surface area contributed by atoms with Crippen molar-refractivity contribution in [3.63, 3.8) is 0 Å². The first-order valence-electron chi connectivity index (χ1n) is 5.34. The molecule has 0 bridgehead atoms. The summed E-state index contributed by atoms with van der Waals surface area (Å²) in [5.74, 6) is -0.594. The van der Waals surface area contributed by atoms with Gasteiger partial charge in [0.05, 0.1) is 5.69 Å². The van der Waals surface area contributed by atoms with Crippen LogP contribution in [0.5, 0.6) is 0 Å². The van der Waals surface area contributed by atoms with Crippen LogP contribution in [0, 0.1) is 11.7 Å². The largest absolute Gasteiger partial charge is 0.323 e. The zero-order valence-corrected chi connectivity index (χ0v) is 11.0. The van der Waals surface area contributed by atoms with Crippen molar-refractivity contribution < 1.29 is 9.18 Å². The molecule has 0 heterocycles. The van der Waals surface area contributed by atoms with Crippen LogP contribution >= 0.6 is 15.9 Å². The van der Waals surface area contributed by atoms with Crippen LogP contribution in [0.2, 0.25) is 0 Å². The van der Waals surface area contributed by atoms with Crippen molar-refractivity contribution in [2.45, 2.75) is 26.7 Å². The van der Waals surface area contributed by atoms with Gasteiger partial charge >= 0.3 is 0 Å². The Morgan fingerprint density at radius 3 is 2.56 bits per heavy atom. The Hall–Kier alpha value is -0.900. The highest BCUT2D eigenvalue weighted by Gasteiger charge is 2.15. The minimum absolute atomic E-state index is 0.0527. The maximum atomic E-state index is 13.4. The Morgan fingerprint density at radius 2 is 2.06 bits per heavy atom. The third kappa shape index (κ3) is 3.30. The quantitative estimate of drug-likeness (QED) is 0.892. The molecule has 16 heavy (non-hydrogen) atoms. The molecule has 0 unspecified atom stereocenters. The van der Waals surface area contributed by atoms with E-state index in [1.54, 1.807) is 12.1 Å². The minimum atomic E-state index is -0.423.